The van der Waals surface area contributed by atoms with Crippen LogP contribution in [0.2, 0.25) is 0 Å². The van der Waals surface area contributed by atoms with Gasteiger partial charge < -0.3 is 16.0 Å². The Morgan fingerprint density at radius 1 is 1.44 bits per heavy atom. The summed E-state index contributed by atoms with van der Waals surface area (Å²) in [6.07, 6.45) is 0. The van der Waals surface area contributed by atoms with Crippen molar-refractivity contribution in [3.63, 3.8) is 0 Å². The zero-order valence-electron chi connectivity index (χ0n) is 11.7. The Morgan fingerprint density at radius 2 is 2.11 bits per heavy atom. The van der Waals surface area contributed by atoms with Crippen LogP contribution in [0.25, 0.3) is 0 Å². The molecule has 1 aromatic rings. The first-order chi connectivity index (χ1) is 8.43. The first kappa shape index (κ1) is 14.4. The molecule has 0 atom stereocenters. The number of nitrogens with zero attached hydrogens (tertiary/aromatic N) is 1. The molecule has 1 rings (SSSR count). The molecule has 0 radical (unpaired) electrons. The van der Waals surface area contributed by atoms with Crippen molar-refractivity contribution in [2.45, 2.75) is 33.7 Å². The maximum Gasteiger partial charge on any atom is 0.239 e. The molecule has 0 spiro atoms. The predicted molar refractivity (Wildman–Crippen MR) is 76.8 cm³/mol. The summed E-state index contributed by atoms with van der Waals surface area (Å²) in [7, 11) is 0. The van der Waals surface area contributed by atoms with Gasteiger partial charge in [-0.1, -0.05) is 6.07 Å². The fourth-order valence-electron chi connectivity index (χ4n) is 1.87. The van der Waals surface area contributed by atoms with E-state index in [0.717, 1.165) is 17.8 Å². The number of nitrogens with one attached hydrogen (secondary N) is 1. The second-order valence-electron chi connectivity index (χ2n) is 4.80. The van der Waals surface area contributed by atoms with Crippen molar-refractivity contribution in [1.82, 2.24) is 5.32 Å². The number of anilines is 2. The van der Waals surface area contributed by atoms with Crippen molar-refractivity contribution in [2.24, 2.45) is 0 Å². The summed E-state index contributed by atoms with van der Waals surface area (Å²) in [5.74, 6) is 0.0202. The van der Waals surface area contributed by atoms with E-state index in [9.17, 15) is 4.79 Å². The Balaban J connectivity index is 2.80. The highest BCUT2D eigenvalue weighted by Crippen LogP contribution is 2.23. The molecule has 1 aromatic carbocycles. The van der Waals surface area contributed by atoms with Crippen molar-refractivity contribution in [3.05, 3.63) is 23.8 Å². The van der Waals surface area contributed by atoms with E-state index in [1.165, 1.54) is 0 Å². The predicted octanol–water partition coefficient (Wildman–Crippen LogP) is 1.93. The van der Waals surface area contributed by atoms with E-state index in [1.807, 2.05) is 50.8 Å². The number of amides is 1. The Hall–Kier alpha value is -1.71. The summed E-state index contributed by atoms with van der Waals surface area (Å²) in [6, 6.07) is 6.07. The molecule has 4 heteroatoms. The van der Waals surface area contributed by atoms with Gasteiger partial charge in [0, 0.05) is 12.6 Å². The molecule has 0 fully saturated rings. The molecular weight excluding hydrogens is 226 g/mol. The number of nitrogens with two attached hydrogens (primary N) is 1. The van der Waals surface area contributed by atoms with Crippen LogP contribution in [0.1, 0.15) is 26.3 Å². The van der Waals surface area contributed by atoms with Crippen molar-refractivity contribution < 1.29 is 4.79 Å². The van der Waals surface area contributed by atoms with Crippen molar-refractivity contribution >= 4 is 17.3 Å². The molecule has 1 amide bonds. The summed E-state index contributed by atoms with van der Waals surface area (Å²) in [5.41, 5.74) is 8.76. The van der Waals surface area contributed by atoms with Gasteiger partial charge in [-0.15, -0.1) is 0 Å². The van der Waals surface area contributed by atoms with Gasteiger partial charge in [0.1, 0.15) is 0 Å². The minimum absolute atomic E-state index is 0.0202. The maximum atomic E-state index is 11.8. The van der Waals surface area contributed by atoms with Crippen LogP contribution in [0.5, 0.6) is 0 Å². The van der Waals surface area contributed by atoms with Crippen LogP contribution < -0.4 is 16.0 Å². The fraction of sp³-hybridized carbons (Fsp3) is 0.500. The number of likely N-dealkylation sites (N-methyl/N-ethyl adjacent to an activating group) is 1. The van der Waals surface area contributed by atoms with Crippen LogP contribution in [0.4, 0.5) is 11.4 Å². The summed E-state index contributed by atoms with van der Waals surface area (Å²) in [5, 5.41) is 2.89. The van der Waals surface area contributed by atoms with Gasteiger partial charge in [0.05, 0.1) is 17.9 Å². The van der Waals surface area contributed by atoms with Crippen LogP contribution in [0.15, 0.2) is 18.2 Å². The molecule has 0 aliphatic heterocycles. The lowest BCUT2D eigenvalue weighted by Gasteiger charge is -2.24. The molecule has 0 aliphatic rings. The van der Waals surface area contributed by atoms with Gasteiger partial charge in [-0.05, 0) is 45.4 Å². The van der Waals surface area contributed by atoms with Crippen molar-refractivity contribution in [2.75, 3.05) is 23.7 Å². The van der Waals surface area contributed by atoms with E-state index < -0.39 is 0 Å². The molecule has 18 heavy (non-hydrogen) atoms. The Bertz CT molecular complexity index is 416. The first-order valence-electron chi connectivity index (χ1n) is 6.34. The lowest BCUT2D eigenvalue weighted by atomic mass is 10.1. The lowest BCUT2D eigenvalue weighted by Crippen LogP contribution is -2.40. The van der Waals surface area contributed by atoms with Crippen molar-refractivity contribution in [1.29, 1.82) is 0 Å². The van der Waals surface area contributed by atoms with Gasteiger partial charge in [0.15, 0.2) is 0 Å². The largest absolute Gasteiger partial charge is 0.397 e. The third-order valence-corrected chi connectivity index (χ3v) is 2.69. The van der Waals surface area contributed by atoms with E-state index in [4.69, 9.17) is 5.73 Å². The number of benzene rings is 1. The minimum atomic E-state index is 0.0202. The molecular formula is C14H23N3O. The van der Waals surface area contributed by atoms with E-state index in [2.05, 4.69) is 5.32 Å². The Morgan fingerprint density at radius 3 is 2.61 bits per heavy atom. The summed E-state index contributed by atoms with van der Waals surface area (Å²) >= 11 is 0. The molecule has 0 saturated heterocycles. The smallest absolute Gasteiger partial charge is 0.239 e. The number of nitrogen functional groups attached to an aromatic ring is 1. The Labute approximate surface area is 109 Å². The topological polar surface area (TPSA) is 58.4 Å². The van der Waals surface area contributed by atoms with Crippen LogP contribution >= 0.6 is 0 Å². The Kier molecular flexibility index (Phi) is 5.01. The molecule has 0 saturated carbocycles. The first-order valence-corrected chi connectivity index (χ1v) is 6.34. The standard InChI is InChI=1S/C14H23N3O/c1-5-17(9-14(18)16-10(2)3)13-7-6-11(4)8-12(13)15/h6-8,10H,5,9,15H2,1-4H3,(H,16,18). The van der Waals surface area contributed by atoms with Crippen molar-refractivity contribution in [3.8, 4) is 0 Å². The highest BCUT2D eigenvalue weighted by atomic mass is 16.2. The second-order valence-corrected chi connectivity index (χ2v) is 4.80. The van der Waals surface area contributed by atoms with Gasteiger partial charge >= 0.3 is 0 Å². The summed E-state index contributed by atoms with van der Waals surface area (Å²) in [4.78, 5) is 13.8. The monoisotopic (exact) mass is 249 g/mol. The number of carbonyl (C=O) groups excluding carboxylic acids is 1. The molecule has 100 valence electrons. The van der Waals surface area contributed by atoms with Crippen LogP contribution in [0.3, 0.4) is 0 Å². The third-order valence-electron chi connectivity index (χ3n) is 2.69. The molecule has 4 nitrogen and oxygen atoms in total. The van der Waals surface area contributed by atoms with Gasteiger partial charge in [-0.3, -0.25) is 4.79 Å². The third kappa shape index (κ3) is 3.95. The number of rotatable bonds is 5. The number of carbonyl (C=O) groups is 1. The molecule has 3 N–H and O–H groups in total. The molecule has 0 aromatic heterocycles. The van der Waals surface area contributed by atoms with Gasteiger partial charge in [0.2, 0.25) is 5.91 Å². The number of hydrogen-bond donors (Lipinski definition) is 2. The zero-order valence-corrected chi connectivity index (χ0v) is 11.7. The lowest BCUT2D eigenvalue weighted by molar-refractivity contribution is -0.120. The van der Waals surface area contributed by atoms with E-state index in [1.54, 1.807) is 0 Å². The summed E-state index contributed by atoms with van der Waals surface area (Å²) < 4.78 is 0. The molecule has 0 bridgehead atoms. The van der Waals surface area contributed by atoms with E-state index in [0.29, 0.717) is 12.2 Å². The maximum absolute atomic E-state index is 11.8. The van der Waals surface area contributed by atoms with E-state index >= 15 is 0 Å². The van der Waals surface area contributed by atoms with Gasteiger partial charge in [0.25, 0.3) is 0 Å². The SMILES string of the molecule is CCN(CC(=O)NC(C)C)c1ccc(C)cc1N. The highest BCUT2D eigenvalue weighted by molar-refractivity contribution is 5.83. The molecule has 0 heterocycles. The molecule has 0 aliphatic carbocycles. The average molecular weight is 249 g/mol. The average Bonchev–Trinajstić information content (AvgIpc) is 2.25. The second kappa shape index (κ2) is 6.28. The molecule has 0 unspecified atom stereocenters. The highest BCUT2D eigenvalue weighted by Gasteiger charge is 2.12. The van der Waals surface area contributed by atoms with Crippen LogP contribution in [-0.4, -0.2) is 25.0 Å². The van der Waals surface area contributed by atoms with Gasteiger partial charge in [-0.25, -0.2) is 0 Å². The van der Waals surface area contributed by atoms with E-state index in [-0.39, 0.29) is 11.9 Å². The summed E-state index contributed by atoms with van der Waals surface area (Å²) in [6.45, 7) is 9.01. The zero-order chi connectivity index (χ0) is 13.7. The van der Waals surface area contributed by atoms with Crippen LogP contribution in [-0.2, 0) is 4.79 Å². The van der Waals surface area contributed by atoms with Crippen LogP contribution in [0, 0.1) is 6.92 Å². The normalized spacial score (nSPS) is 10.5. The fourth-order valence-corrected chi connectivity index (χ4v) is 1.87. The number of aryl methyl sites for hydroxylation is 1. The number of hydrogen-bond acceptors (Lipinski definition) is 3. The minimum Gasteiger partial charge on any atom is -0.397 e. The quantitative estimate of drug-likeness (QED) is 0.784. The van der Waals surface area contributed by atoms with Gasteiger partial charge in [-0.2, -0.15) is 0 Å².